The van der Waals surface area contributed by atoms with Crippen molar-refractivity contribution >= 4 is 33.8 Å². The highest BCUT2D eigenvalue weighted by molar-refractivity contribution is 9.10. The third-order valence-corrected chi connectivity index (χ3v) is 4.49. The van der Waals surface area contributed by atoms with Gasteiger partial charge in [0.2, 0.25) is 0 Å². The number of anilines is 1. The molecule has 1 amide bonds. The molecule has 2 aromatic carbocycles. The summed E-state index contributed by atoms with van der Waals surface area (Å²) in [6.45, 7) is 6.20. The first-order valence-electron chi connectivity index (χ1n) is 8.10. The normalized spacial score (nSPS) is 11.0. The molecule has 138 valence electrons. The molecule has 0 fully saturated rings. The third kappa shape index (κ3) is 5.08. The number of halogens is 1. The molecule has 1 N–H and O–H groups in total. The van der Waals surface area contributed by atoms with Crippen LogP contribution in [0.4, 0.5) is 5.69 Å². The molecular weight excluding hydrogens is 398 g/mol. The number of methoxy groups -OCH3 is 1. The van der Waals surface area contributed by atoms with Crippen molar-refractivity contribution in [1.29, 1.82) is 0 Å². The van der Waals surface area contributed by atoms with Crippen molar-refractivity contribution in [2.75, 3.05) is 19.0 Å². The van der Waals surface area contributed by atoms with E-state index in [-0.39, 0.29) is 17.9 Å². The molecule has 0 aromatic heterocycles. The van der Waals surface area contributed by atoms with E-state index in [1.54, 1.807) is 6.07 Å². The van der Waals surface area contributed by atoms with Gasteiger partial charge in [-0.2, -0.15) is 0 Å². The fraction of sp³-hybridized carbons (Fsp3) is 0.300. The average Bonchev–Trinajstić information content (AvgIpc) is 2.60. The summed E-state index contributed by atoms with van der Waals surface area (Å²) >= 11 is 3.28. The average molecular weight is 420 g/mol. The number of nitrogens with one attached hydrogen (secondary N) is 1. The van der Waals surface area contributed by atoms with E-state index in [0.717, 1.165) is 0 Å². The summed E-state index contributed by atoms with van der Waals surface area (Å²) in [5, 5.41) is 2.78. The number of benzene rings is 2. The standard InChI is InChI=1S/C20H22BrNO4/c1-20(2,3)14-5-7-15(8-6-14)22-19(24)12-26-18-9-13(11-23)16(21)10-17(18)25-4/h5-11H,12H2,1-4H3,(H,22,24). The summed E-state index contributed by atoms with van der Waals surface area (Å²) in [7, 11) is 1.49. The first kappa shape index (κ1) is 20.0. The molecule has 0 atom stereocenters. The fourth-order valence-corrected chi connectivity index (χ4v) is 2.72. The van der Waals surface area contributed by atoms with E-state index in [4.69, 9.17) is 9.47 Å². The highest BCUT2D eigenvalue weighted by Gasteiger charge is 2.14. The maximum Gasteiger partial charge on any atom is 0.262 e. The van der Waals surface area contributed by atoms with Gasteiger partial charge in [-0.25, -0.2) is 0 Å². The largest absolute Gasteiger partial charge is 0.493 e. The van der Waals surface area contributed by atoms with Crippen LogP contribution in [0.15, 0.2) is 40.9 Å². The topological polar surface area (TPSA) is 64.6 Å². The van der Waals surface area contributed by atoms with Crippen LogP contribution in [0.5, 0.6) is 11.5 Å². The zero-order valence-electron chi connectivity index (χ0n) is 15.3. The maximum absolute atomic E-state index is 12.1. The Morgan fingerprint density at radius 2 is 1.81 bits per heavy atom. The van der Waals surface area contributed by atoms with E-state index in [9.17, 15) is 9.59 Å². The van der Waals surface area contributed by atoms with Crippen LogP contribution in [0.1, 0.15) is 36.7 Å². The van der Waals surface area contributed by atoms with Gasteiger partial charge in [0, 0.05) is 15.7 Å². The third-order valence-electron chi connectivity index (χ3n) is 3.80. The first-order chi connectivity index (χ1) is 12.2. The lowest BCUT2D eigenvalue weighted by Gasteiger charge is -2.19. The smallest absolute Gasteiger partial charge is 0.262 e. The minimum Gasteiger partial charge on any atom is -0.493 e. The van der Waals surface area contributed by atoms with Crippen molar-refractivity contribution in [2.24, 2.45) is 0 Å². The number of rotatable bonds is 6. The molecule has 0 saturated carbocycles. The van der Waals surface area contributed by atoms with E-state index < -0.39 is 0 Å². The van der Waals surface area contributed by atoms with Crippen LogP contribution in [0.25, 0.3) is 0 Å². The zero-order chi connectivity index (χ0) is 19.3. The Hall–Kier alpha value is -2.34. The van der Waals surface area contributed by atoms with Gasteiger partial charge in [0.1, 0.15) is 0 Å². The van der Waals surface area contributed by atoms with Crippen molar-refractivity contribution in [1.82, 2.24) is 0 Å². The number of carbonyl (C=O) groups is 2. The second-order valence-electron chi connectivity index (χ2n) is 6.81. The lowest BCUT2D eigenvalue weighted by molar-refractivity contribution is -0.118. The molecule has 6 heteroatoms. The number of amides is 1. The van der Waals surface area contributed by atoms with Crippen LogP contribution in [-0.2, 0) is 10.2 Å². The number of carbonyl (C=O) groups excluding carboxylic acids is 2. The van der Waals surface area contributed by atoms with Crippen LogP contribution in [-0.4, -0.2) is 25.9 Å². The maximum atomic E-state index is 12.1. The van der Waals surface area contributed by atoms with Gasteiger partial charge in [-0.05, 0) is 51.2 Å². The molecule has 2 rings (SSSR count). The molecule has 0 bridgehead atoms. The highest BCUT2D eigenvalue weighted by atomic mass is 79.9. The zero-order valence-corrected chi connectivity index (χ0v) is 16.8. The summed E-state index contributed by atoms with van der Waals surface area (Å²) in [6, 6.07) is 10.9. The molecule has 0 spiro atoms. The molecule has 0 aliphatic carbocycles. The lowest BCUT2D eigenvalue weighted by atomic mass is 9.87. The Balaban J connectivity index is 2.02. The van der Waals surface area contributed by atoms with Gasteiger partial charge in [-0.15, -0.1) is 0 Å². The highest BCUT2D eigenvalue weighted by Crippen LogP contribution is 2.32. The Kier molecular flexibility index (Phi) is 6.42. The van der Waals surface area contributed by atoms with Crippen LogP contribution >= 0.6 is 15.9 Å². The SMILES string of the molecule is COc1cc(Br)c(C=O)cc1OCC(=O)Nc1ccc(C(C)(C)C)cc1. The molecule has 0 aliphatic rings. The van der Waals surface area contributed by atoms with E-state index in [1.165, 1.54) is 18.7 Å². The van der Waals surface area contributed by atoms with Crippen molar-refractivity contribution in [3.63, 3.8) is 0 Å². The predicted octanol–water partition coefficient (Wildman–Crippen LogP) is 4.59. The summed E-state index contributed by atoms with van der Waals surface area (Å²) in [6.07, 6.45) is 0.702. The lowest BCUT2D eigenvalue weighted by Crippen LogP contribution is -2.20. The van der Waals surface area contributed by atoms with Gasteiger partial charge in [-0.3, -0.25) is 9.59 Å². The van der Waals surface area contributed by atoms with Gasteiger partial charge >= 0.3 is 0 Å². The number of ether oxygens (including phenoxy) is 2. The van der Waals surface area contributed by atoms with E-state index in [0.29, 0.717) is 33.5 Å². The molecule has 2 aromatic rings. The Morgan fingerprint density at radius 1 is 1.15 bits per heavy atom. The number of aldehydes is 1. The van der Waals surface area contributed by atoms with Gasteiger partial charge in [0.15, 0.2) is 24.4 Å². The second kappa shape index (κ2) is 8.36. The summed E-state index contributed by atoms with van der Waals surface area (Å²) < 4.78 is 11.3. The summed E-state index contributed by atoms with van der Waals surface area (Å²) in [4.78, 5) is 23.2. The van der Waals surface area contributed by atoms with Crippen LogP contribution in [0.2, 0.25) is 0 Å². The Labute approximate surface area is 161 Å². The number of hydrogen-bond donors (Lipinski definition) is 1. The van der Waals surface area contributed by atoms with Crippen molar-refractivity contribution in [3.05, 3.63) is 52.0 Å². The molecule has 0 radical (unpaired) electrons. The molecule has 0 heterocycles. The fourth-order valence-electron chi connectivity index (χ4n) is 2.31. The van der Waals surface area contributed by atoms with E-state index in [1.807, 2.05) is 24.3 Å². The van der Waals surface area contributed by atoms with Crippen molar-refractivity contribution in [3.8, 4) is 11.5 Å². The van der Waals surface area contributed by atoms with Gasteiger partial charge < -0.3 is 14.8 Å². The van der Waals surface area contributed by atoms with Crippen LogP contribution in [0, 0.1) is 0 Å². The number of hydrogen-bond acceptors (Lipinski definition) is 4. The molecule has 26 heavy (non-hydrogen) atoms. The van der Waals surface area contributed by atoms with E-state index >= 15 is 0 Å². The Bertz CT molecular complexity index is 795. The molecular formula is C20H22BrNO4. The summed E-state index contributed by atoms with van der Waals surface area (Å²) in [5.74, 6) is 0.465. The van der Waals surface area contributed by atoms with Gasteiger partial charge in [0.05, 0.1) is 7.11 Å². The van der Waals surface area contributed by atoms with Gasteiger partial charge in [-0.1, -0.05) is 32.9 Å². The predicted molar refractivity (Wildman–Crippen MR) is 105 cm³/mol. The minimum absolute atomic E-state index is 0.0556. The monoisotopic (exact) mass is 419 g/mol. The van der Waals surface area contributed by atoms with Gasteiger partial charge in [0.25, 0.3) is 5.91 Å². The molecule has 0 aliphatic heterocycles. The van der Waals surface area contributed by atoms with Crippen molar-refractivity contribution < 1.29 is 19.1 Å². The Morgan fingerprint density at radius 3 is 2.35 bits per heavy atom. The van der Waals surface area contributed by atoms with Crippen molar-refractivity contribution in [2.45, 2.75) is 26.2 Å². The van der Waals surface area contributed by atoms with Crippen LogP contribution < -0.4 is 14.8 Å². The van der Waals surface area contributed by atoms with E-state index in [2.05, 4.69) is 42.0 Å². The first-order valence-corrected chi connectivity index (χ1v) is 8.90. The van der Waals surface area contributed by atoms with Crippen LogP contribution in [0.3, 0.4) is 0 Å². The molecule has 0 saturated heterocycles. The quantitative estimate of drug-likeness (QED) is 0.695. The minimum atomic E-state index is -0.300. The molecule has 5 nitrogen and oxygen atoms in total. The second-order valence-corrected chi connectivity index (χ2v) is 7.66. The summed E-state index contributed by atoms with van der Waals surface area (Å²) in [5.41, 5.74) is 2.36. The molecule has 0 unspecified atom stereocenters.